The fourth-order valence-electron chi connectivity index (χ4n) is 2.44. The summed E-state index contributed by atoms with van der Waals surface area (Å²) in [5, 5.41) is 1.01. The van der Waals surface area contributed by atoms with Crippen molar-refractivity contribution >= 4 is 21.6 Å². The fourth-order valence-corrected chi connectivity index (χ4v) is 3.56. The SMILES string of the molecule is Cc1cc(C)c(-c2[o+]c3ccccc3s2)c(C)c1. The summed E-state index contributed by atoms with van der Waals surface area (Å²) in [7, 11) is 0. The number of para-hydroxylation sites is 1. The van der Waals surface area contributed by atoms with E-state index in [1.165, 1.54) is 27.0 Å². The van der Waals surface area contributed by atoms with E-state index in [1.54, 1.807) is 11.3 Å². The minimum absolute atomic E-state index is 0.969. The molecule has 0 radical (unpaired) electrons. The number of aryl methyl sites for hydroxylation is 3. The summed E-state index contributed by atoms with van der Waals surface area (Å²) in [6.45, 7) is 6.43. The molecule has 0 aliphatic rings. The lowest BCUT2D eigenvalue weighted by molar-refractivity contribution is 0.637. The molecule has 0 saturated carbocycles. The van der Waals surface area contributed by atoms with Gasteiger partial charge in [0.1, 0.15) is 4.70 Å². The van der Waals surface area contributed by atoms with Gasteiger partial charge in [0.15, 0.2) is 0 Å². The normalized spacial score (nSPS) is 11.1. The van der Waals surface area contributed by atoms with Crippen LogP contribution in [-0.4, -0.2) is 0 Å². The molecule has 1 aromatic heterocycles. The van der Waals surface area contributed by atoms with Crippen molar-refractivity contribution in [3.8, 4) is 10.6 Å². The molecule has 0 amide bonds. The maximum atomic E-state index is 5.97. The lowest BCUT2D eigenvalue weighted by Crippen LogP contribution is -1.87. The number of benzene rings is 2. The molecule has 0 N–H and O–H groups in total. The predicted molar refractivity (Wildman–Crippen MR) is 78.1 cm³/mol. The summed E-state index contributed by atoms with van der Waals surface area (Å²) < 4.78 is 7.17. The molecule has 0 spiro atoms. The van der Waals surface area contributed by atoms with Crippen LogP contribution in [-0.2, 0) is 0 Å². The fraction of sp³-hybridized carbons (Fsp3) is 0.188. The molecule has 90 valence electrons. The summed E-state index contributed by atoms with van der Waals surface area (Å²) in [4.78, 5) is 0. The van der Waals surface area contributed by atoms with Gasteiger partial charge in [-0.2, -0.15) is 4.42 Å². The average molecular weight is 255 g/mol. The third-order valence-electron chi connectivity index (χ3n) is 3.14. The molecule has 0 fully saturated rings. The molecular weight excluding hydrogens is 240 g/mol. The highest BCUT2D eigenvalue weighted by atomic mass is 32.1. The molecule has 3 rings (SSSR count). The van der Waals surface area contributed by atoms with E-state index in [4.69, 9.17) is 4.42 Å². The number of fused-ring (bicyclic) bond motifs is 1. The van der Waals surface area contributed by atoms with Crippen LogP contribution in [0, 0.1) is 20.8 Å². The van der Waals surface area contributed by atoms with E-state index in [1.807, 2.05) is 18.2 Å². The molecule has 3 aromatic rings. The Kier molecular flexibility index (Phi) is 2.67. The summed E-state index contributed by atoms with van der Waals surface area (Å²) in [6, 6.07) is 12.6. The summed E-state index contributed by atoms with van der Waals surface area (Å²) >= 11 is 1.72. The van der Waals surface area contributed by atoms with Gasteiger partial charge in [0, 0.05) is 6.07 Å². The van der Waals surface area contributed by atoms with Crippen LogP contribution in [0.4, 0.5) is 0 Å². The zero-order chi connectivity index (χ0) is 12.7. The van der Waals surface area contributed by atoms with Gasteiger partial charge in [-0.05, 0) is 49.3 Å². The molecule has 0 saturated heterocycles. The molecule has 0 unspecified atom stereocenters. The monoisotopic (exact) mass is 255 g/mol. The smallest absolute Gasteiger partial charge is 0.194 e. The minimum atomic E-state index is 0.969. The first-order valence-corrected chi connectivity index (χ1v) is 6.87. The third-order valence-corrected chi connectivity index (χ3v) is 4.17. The minimum Gasteiger partial charge on any atom is -0.194 e. The summed E-state index contributed by atoms with van der Waals surface area (Å²) in [5.41, 5.74) is 6.07. The Morgan fingerprint density at radius 1 is 0.944 bits per heavy atom. The maximum absolute atomic E-state index is 5.97. The number of rotatable bonds is 1. The third kappa shape index (κ3) is 1.83. The van der Waals surface area contributed by atoms with Crippen molar-refractivity contribution < 1.29 is 4.42 Å². The van der Waals surface area contributed by atoms with Crippen molar-refractivity contribution in [2.75, 3.05) is 0 Å². The van der Waals surface area contributed by atoms with Crippen LogP contribution in [0.3, 0.4) is 0 Å². The molecule has 1 nitrogen and oxygen atoms in total. The van der Waals surface area contributed by atoms with Gasteiger partial charge < -0.3 is 0 Å². The van der Waals surface area contributed by atoms with Gasteiger partial charge in [0.25, 0.3) is 0 Å². The largest absolute Gasteiger partial charge is 0.418 e. The highest BCUT2D eigenvalue weighted by Gasteiger charge is 2.23. The number of hydrogen-bond donors (Lipinski definition) is 0. The average Bonchev–Trinajstić information content (AvgIpc) is 2.70. The summed E-state index contributed by atoms with van der Waals surface area (Å²) in [6.07, 6.45) is 0. The zero-order valence-corrected chi connectivity index (χ0v) is 11.6. The molecule has 0 atom stereocenters. The van der Waals surface area contributed by atoms with Gasteiger partial charge in [-0.1, -0.05) is 29.8 Å². The zero-order valence-electron chi connectivity index (χ0n) is 10.8. The van der Waals surface area contributed by atoms with Gasteiger partial charge in [-0.3, -0.25) is 0 Å². The molecule has 2 aromatic carbocycles. The van der Waals surface area contributed by atoms with E-state index in [0.717, 1.165) is 10.7 Å². The van der Waals surface area contributed by atoms with Crippen molar-refractivity contribution in [1.29, 1.82) is 0 Å². The first-order valence-electron chi connectivity index (χ1n) is 6.05. The van der Waals surface area contributed by atoms with Crippen molar-refractivity contribution in [2.24, 2.45) is 0 Å². The van der Waals surface area contributed by atoms with E-state index >= 15 is 0 Å². The second kappa shape index (κ2) is 4.21. The van der Waals surface area contributed by atoms with Crippen molar-refractivity contribution in [3.63, 3.8) is 0 Å². The van der Waals surface area contributed by atoms with Crippen LogP contribution in [0.2, 0.25) is 0 Å². The van der Waals surface area contributed by atoms with Crippen LogP contribution in [0.5, 0.6) is 0 Å². The molecular formula is C16H15OS+. The van der Waals surface area contributed by atoms with Crippen LogP contribution in [0.25, 0.3) is 20.9 Å². The quantitative estimate of drug-likeness (QED) is 0.532. The van der Waals surface area contributed by atoms with E-state index < -0.39 is 0 Å². The van der Waals surface area contributed by atoms with Crippen LogP contribution in [0.1, 0.15) is 16.7 Å². The Bertz CT molecular complexity index is 669. The number of hydrogen-bond acceptors (Lipinski definition) is 1. The topological polar surface area (TPSA) is 11.3 Å². The van der Waals surface area contributed by atoms with E-state index in [9.17, 15) is 0 Å². The lowest BCUT2D eigenvalue weighted by atomic mass is 10.0. The van der Waals surface area contributed by atoms with Crippen LogP contribution in [0.15, 0.2) is 40.8 Å². The van der Waals surface area contributed by atoms with E-state index in [-0.39, 0.29) is 0 Å². The highest BCUT2D eigenvalue weighted by Crippen LogP contribution is 2.37. The van der Waals surface area contributed by atoms with Crippen molar-refractivity contribution in [3.05, 3.63) is 53.1 Å². The summed E-state index contributed by atoms with van der Waals surface area (Å²) in [5.74, 6) is 0. The Morgan fingerprint density at radius 2 is 1.61 bits per heavy atom. The van der Waals surface area contributed by atoms with Gasteiger partial charge >= 0.3 is 10.7 Å². The van der Waals surface area contributed by atoms with Gasteiger partial charge in [0.2, 0.25) is 0 Å². The Morgan fingerprint density at radius 3 is 2.28 bits per heavy atom. The lowest BCUT2D eigenvalue weighted by Gasteiger charge is -2.03. The van der Waals surface area contributed by atoms with Crippen molar-refractivity contribution in [1.82, 2.24) is 0 Å². The predicted octanol–water partition coefficient (Wildman–Crippen LogP) is 5.37. The molecule has 1 heterocycles. The molecule has 0 bridgehead atoms. The molecule has 0 aliphatic heterocycles. The molecule has 0 aliphatic carbocycles. The first kappa shape index (κ1) is 11.4. The maximum Gasteiger partial charge on any atom is 0.418 e. The Hall–Kier alpha value is -1.67. The standard InChI is InChI=1S/C16H15OS/c1-10-8-11(2)15(12(3)9-10)16-17-13-6-4-5-7-14(13)18-16/h4-9H,1-3H3/q+1. The van der Waals surface area contributed by atoms with Gasteiger partial charge in [-0.25, -0.2) is 0 Å². The van der Waals surface area contributed by atoms with Crippen molar-refractivity contribution in [2.45, 2.75) is 20.8 Å². The first-order chi connectivity index (χ1) is 8.65. The van der Waals surface area contributed by atoms with E-state index in [2.05, 4.69) is 39.0 Å². The highest BCUT2D eigenvalue weighted by molar-refractivity contribution is 7.21. The second-order valence-corrected chi connectivity index (χ2v) is 5.73. The van der Waals surface area contributed by atoms with Gasteiger partial charge in [-0.15, -0.1) is 0 Å². The van der Waals surface area contributed by atoms with Crippen LogP contribution < -0.4 is 0 Å². The van der Waals surface area contributed by atoms with E-state index in [0.29, 0.717) is 0 Å². The second-order valence-electron chi connectivity index (χ2n) is 4.71. The Labute approximate surface area is 111 Å². The Balaban J connectivity index is 2.26. The molecule has 18 heavy (non-hydrogen) atoms. The molecule has 2 heteroatoms. The van der Waals surface area contributed by atoms with Gasteiger partial charge in [0.05, 0.1) is 5.56 Å². The van der Waals surface area contributed by atoms with Crippen LogP contribution >= 0.6 is 11.3 Å².